The van der Waals surface area contributed by atoms with Crippen LogP contribution in [0.15, 0.2) is 6.07 Å². The van der Waals surface area contributed by atoms with Crippen molar-refractivity contribution in [3.8, 4) is 0 Å². The molecule has 0 radical (unpaired) electrons. The first-order valence-electron chi connectivity index (χ1n) is 10.6. The van der Waals surface area contributed by atoms with Crippen molar-refractivity contribution in [3.05, 3.63) is 6.07 Å². The Hall–Kier alpha value is -1.63. The van der Waals surface area contributed by atoms with Gasteiger partial charge in [0.2, 0.25) is 5.95 Å². The highest BCUT2D eigenvalue weighted by atomic mass is 32.1. The van der Waals surface area contributed by atoms with E-state index in [0.717, 1.165) is 31.3 Å². The van der Waals surface area contributed by atoms with Gasteiger partial charge in [0.1, 0.15) is 11.6 Å². The third kappa shape index (κ3) is 4.81. The quantitative estimate of drug-likeness (QED) is 0.765. The lowest BCUT2D eigenvalue weighted by Crippen LogP contribution is -2.39. The Morgan fingerprint density at radius 2 is 1.85 bits per heavy atom. The van der Waals surface area contributed by atoms with Crippen LogP contribution >= 0.6 is 12.2 Å². The molecule has 2 saturated heterocycles. The fourth-order valence-electron chi connectivity index (χ4n) is 4.17. The van der Waals surface area contributed by atoms with Crippen LogP contribution in [0.25, 0.3) is 0 Å². The molecule has 1 aliphatic carbocycles. The van der Waals surface area contributed by atoms with Crippen LogP contribution in [0.5, 0.6) is 0 Å². The lowest BCUT2D eigenvalue weighted by atomic mass is 10.0. The molecule has 3 aliphatic rings. The summed E-state index contributed by atoms with van der Waals surface area (Å²) in [6, 6.07) is 3.23. The second-order valence-corrected chi connectivity index (χ2v) is 8.92. The Morgan fingerprint density at radius 3 is 2.59 bits per heavy atom. The van der Waals surface area contributed by atoms with Crippen molar-refractivity contribution < 1.29 is 0 Å². The molecule has 148 valence electrons. The summed E-state index contributed by atoms with van der Waals surface area (Å²) < 4.78 is 0. The second-order valence-electron chi connectivity index (χ2n) is 8.51. The van der Waals surface area contributed by atoms with E-state index in [1.54, 1.807) is 0 Å². The Bertz CT molecular complexity index is 676. The lowest BCUT2D eigenvalue weighted by molar-refractivity contribution is 0.444. The molecule has 2 atom stereocenters. The Balaban J connectivity index is 1.59. The molecule has 0 amide bonds. The number of nitrogens with one attached hydrogen (secondary N) is 2. The van der Waals surface area contributed by atoms with Crippen molar-refractivity contribution in [1.82, 2.24) is 15.3 Å². The van der Waals surface area contributed by atoms with Gasteiger partial charge in [-0.3, -0.25) is 0 Å². The summed E-state index contributed by atoms with van der Waals surface area (Å²) >= 11 is 5.46. The molecule has 0 spiro atoms. The number of aromatic nitrogens is 2. The van der Waals surface area contributed by atoms with E-state index in [9.17, 15) is 0 Å². The van der Waals surface area contributed by atoms with E-state index in [-0.39, 0.29) is 0 Å². The number of hydrogen-bond donors (Lipinski definition) is 2. The van der Waals surface area contributed by atoms with Gasteiger partial charge in [-0.1, -0.05) is 6.92 Å². The normalized spacial score (nSPS) is 26.0. The number of piperidine rings is 2. The van der Waals surface area contributed by atoms with Crippen LogP contribution in [0.3, 0.4) is 0 Å². The second kappa shape index (κ2) is 8.17. The predicted octanol–water partition coefficient (Wildman–Crippen LogP) is 3.54. The molecule has 0 bridgehead atoms. The fourth-order valence-corrected chi connectivity index (χ4v) is 4.43. The molecule has 2 aliphatic heterocycles. The van der Waals surface area contributed by atoms with E-state index >= 15 is 0 Å². The van der Waals surface area contributed by atoms with Gasteiger partial charge >= 0.3 is 0 Å². The Kier molecular flexibility index (Phi) is 5.66. The minimum atomic E-state index is 0.520. The molecule has 0 aromatic carbocycles. The van der Waals surface area contributed by atoms with Crippen molar-refractivity contribution in [2.45, 2.75) is 70.9 Å². The number of thiocarbonyl (C=S) groups is 1. The number of nitrogens with zero attached hydrogens (tertiary/aromatic N) is 4. The van der Waals surface area contributed by atoms with E-state index < -0.39 is 0 Å². The maximum atomic E-state index is 5.46. The van der Waals surface area contributed by atoms with Crippen molar-refractivity contribution in [2.75, 3.05) is 34.8 Å². The summed E-state index contributed by atoms with van der Waals surface area (Å²) in [5, 5.41) is 7.21. The highest BCUT2D eigenvalue weighted by molar-refractivity contribution is 7.80. The summed E-state index contributed by atoms with van der Waals surface area (Å²) in [5.41, 5.74) is 0. The van der Waals surface area contributed by atoms with Gasteiger partial charge in [0.05, 0.1) is 0 Å². The van der Waals surface area contributed by atoms with Gasteiger partial charge in [0.15, 0.2) is 5.11 Å². The van der Waals surface area contributed by atoms with Gasteiger partial charge < -0.3 is 20.4 Å². The van der Waals surface area contributed by atoms with E-state index in [1.165, 1.54) is 44.9 Å². The first kappa shape index (κ1) is 18.7. The monoisotopic (exact) mass is 388 g/mol. The van der Waals surface area contributed by atoms with Crippen molar-refractivity contribution in [1.29, 1.82) is 0 Å². The first-order valence-corrected chi connectivity index (χ1v) is 11.0. The predicted molar refractivity (Wildman–Crippen MR) is 116 cm³/mol. The summed E-state index contributed by atoms with van der Waals surface area (Å²) in [6.07, 6.45) is 8.69. The zero-order valence-electron chi connectivity index (χ0n) is 16.6. The first-order chi connectivity index (χ1) is 13.1. The summed E-state index contributed by atoms with van der Waals surface area (Å²) in [6.45, 7) is 7.83. The molecule has 2 unspecified atom stereocenters. The van der Waals surface area contributed by atoms with Gasteiger partial charge in [0, 0.05) is 37.8 Å². The van der Waals surface area contributed by atoms with E-state index in [4.69, 9.17) is 22.2 Å². The van der Waals surface area contributed by atoms with Crippen LogP contribution in [0.1, 0.15) is 58.8 Å². The third-order valence-electron chi connectivity index (χ3n) is 5.92. The number of rotatable bonds is 4. The molecular formula is C20H32N6S. The summed E-state index contributed by atoms with van der Waals surface area (Å²) in [7, 11) is 0. The van der Waals surface area contributed by atoms with Gasteiger partial charge in [-0.05, 0) is 70.0 Å². The van der Waals surface area contributed by atoms with Crippen LogP contribution in [-0.2, 0) is 0 Å². The molecule has 3 fully saturated rings. The molecule has 2 N–H and O–H groups in total. The average Bonchev–Trinajstić information content (AvgIpc) is 3.45. The van der Waals surface area contributed by atoms with Crippen LogP contribution < -0.4 is 20.4 Å². The molecular weight excluding hydrogens is 356 g/mol. The lowest BCUT2D eigenvalue weighted by Gasteiger charge is -2.36. The Labute approximate surface area is 168 Å². The molecule has 1 aromatic rings. The number of anilines is 3. The Morgan fingerprint density at radius 1 is 1.04 bits per heavy atom. The zero-order valence-corrected chi connectivity index (χ0v) is 17.4. The molecule has 4 rings (SSSR count). The fraction of sp³-hybridized carbons (Fsp3) is 0.750. The minimum Gasteiger partial charge on any atom is -0.360 e. The van der Waals surface area contributed by atoms with Crippen LogP contribution in [-0.4, -0.2) is 46.8 Å². The smallest absolute Gasteiger partial charge is 0.232 e. The minimum absolute atomic E-state index is 0.520. The van der Waals surface area contributed by atoms with Gasteiger partial charge in [0.25, 0.3) is 0 Å². The number of hydrogen-bond acceptors (Lipinski definition) is 5. The van der Waals surface area contributed by atoms with Gasteiger partial charge in [-0.2, -0.15) is 9.97 Å². The van der Waals surface area contributed by atoms with E-state index in [0.29, 0.717) is 29.1 Å². The summed E-state index contributed by atoms with van der Waals surface area (Å²) in [5.74, 6) is 3.39. The maximum absolute atomic E-state index is 5.46. The van der Waals surface area contributed by atoms with Crippen molar-refractivity contribution in [3.63, 3.8) is 0 Å². The molecule has 3 heterocycles. The molecule has 1 saturated carbocycles. The van der Waals surface area contributed by atoms with Crippen LogP contribution in [0.2, 0.25) is 0 Å². The zero-order chi connectivity index (χ0) is 18.8. The largest absolute Gasteiger partial charge is 0.360 e. The van der Waals surface area contributed by atoms with E-state index in [2.05, 4.69) is 40.3 Å². The molecule has 27 heavy (non-hydrogen) atoms. The molecule has 1 aromatic heterocycles. The van der Waals surface area contributed by atoms with Crippen LogP contribution in [0.4, 0.5) is 17.6 Å². The van der Waals surface area contributed by atoms with E-state index in [1.807, 2.05) is 0 Å². The van der Waals surface area contributed by atoms with Gasteiger partial charge in [-0.15, -0.1) is 0 Å². The average molecular weight is 389 g/mol. The SMILES string of the molecule is CC1CCCN(c2cc(N3CCCCC3C)nc(NC(=S)NC3CC3)n2)C1. The third-order valence-corrected chi connectivity index (χ3v) is 6.14. The van der Waals surface area contributed by atoms with Crippen molar-refractivity contribution >= 4 is 34.9 Å². The van der Waals surface area contributed by atoms with Crippen molar-refractivity contribution in [2.24, 2.45) is 5.92 Å². The highest BCUT2D eigenvalue weighted by Crippen LogP contribution is 2.29. The van der Waals surface area contributed by atoms with Crippen LogP contribution in [0, 0.1) is 5.92 Å². The highest BCUT2D eigenvalue weighted by Gasteiger charge is 2.25. The topological polar surface area (TPSA) is 56.3 Å². The standard InChI is InChI=1S/C20H32N6S/c1-14-6-5-10-25(13-14)17-12-18(26-11-4-3-7-15(26)2)23-19(22-17)24-20(27)21-16-8-9-16/h12,14-16H,3-11,13H2,1-2H3,(H2,21,22,23,24,27). The van der Waals surface area contributed by atoms with Gasteiger partial charge in [-0.25, -0.2) is 0 Å². The molecule has 7 heteroatoms. The molecule has 6 nitrogen and oxygen atoms in total. The maximum Gasteiger partial charge on any atom is 0.232 e. The summed E-state index contributed by atoms with van der Waals surface area (Å²) in [4.78, 5) is 14.5.